The van der Waals surface area contributed by atoms with Crippen molar-refractivity contribution in [3.63, 3.8) is 0 Å². The van der Waals surface area contributed by atoms with Gasteiger partial charge in [0.25, 0.3) is 5.91 Å². The van der Waals surface area contributed by atoms with Crippen LogP contribution in [0.5, 0.6) is 0 Å². The van der Waals surface area contributed by atoms with Crippen molar-refractivity contribution in [1.82, 2.24) is 5.01 Å². The van der Waals surface area contributed by atoms with Gasteiger partial charge in [-0.3, -0.25) is 4.79 Å². The van der Waals surface area contributed by atoms with E-state index in [2.05, 4.69) is 37.1 Å². The zero-order valence-electron chi connectivity index (χ0n) is 13.3. The first kappa shape index (κ1) is 15.8. The monoisotopic (exact) mass is 326 g/mol. The Balaban J connectivity index is 1.96. The number of alkyl halides is 1. The number of halogens is 1. The molecule has 2 aromatic rings. The highest BCUT2D eigenvalue weighted by atomic mass is 35.5. The van der Waals surface area contributed by atoms with E-state index in [4.69, 9.17) is 11.6 Å². The van der Waals surface area contributed by atoms with Gasteiger partial charge in [-0.2, -0.15) is 5.10 Å². The standard InChI is InChI=1S/C19H19ClN2O/c1-13-8-9-16(10-14(13)2)17-11-18(15-6-4-3-5-7-15)22(21-17)19(23)12-20/h3-10,18H,11-12H2,1-2H3/t18-/m0/s1. The summed E-state index contributed by atoms with van der Waals surface area (Å²) < 4.78 is 0. The molecule has 0 fully saturated rings. The fraction of sp³-hybridized carbons (Fsp3) is 0.263. The maximum atomic E-state index is 12.2. The lowest BCUT2D eigenvalue weighted by Gasteiger charge is -2.21. The van der Waals surface area contributed by atoms with Crippen LogP contribution in [-0.2, 0) is 4.79 Å². The number of carbonyl (C=O) groups excluding carboxylic acids is 1. The number of rotatable bonds is 3. The smallest absolute Gasteiger partial charge is 0.258 e. The van der Waals surface area contributed by atoms with Crippen LogP contribution in [-0.4, -0.2) is 22.5 Å². The van der Waals surface area contributed by atoms with E-state index in [0.717, 1.165) is 16.8 Å². The lowest BCUT2D eigenvalue weighted by atomic mass is 9.96. The molecule has 1 aliphatic rings. The molecule has 1 aliphatic heterocycles. The van der Waals surface area contributed by atoms with Gasteiger partial charge in [0.15, 0.2) is 0 Å². The van der Waals surface area contributed by atoms with Crippen molar-refractivity contribution >= 4 is 23.2 Å². The molecule has 4 heteroatoms. The minimum absolute atomic E-state index is 0.0625. The van der Waals surface area contributed by atoms with Crippen LogP contribution in [0.2, 0.25) is 0 Å². The number of carbonyl (C=O) groups is 1. The van der Waals surface area contributed by atoms with Crippen molar-refractivity contribution in [3.05, 3.63) is 70.8 Å². The molecule has 3 rings (SSSR count). The maximum Gasteiger partial charge on any atom is 0.258 e. The van der Waals surface area contributed by atoms with E-state index in [1.807, 2.05) is 30.3 Å². The molecular weight excluding hydrogens is 308 g/mol. The first-order valence-electron chi connectivity index (χ1n) is 7.68. The van der Waals surface area contributed by atoms with Crippen molar-refractivity contribution in [2.75, 3.05) is 5.88 Å². The largest absolute Gasteiger partial charge is 0.272 e. The van der Waals surface area contributed by atoms with Gasteiger partial charge in [-0.05, 0) is 42.2 Å². The van der Waals surface area contributed by atoms with Crippen LogP contribution in [0, 0.1) is 13.8 Å². The summed E-state index contributed by atoms with van der Waals surface area (Å²) in [5.74, 6) is -0.230. The van der Waals surface area contributed by atoms with Crippen LogP contribution in [0.25, 0.3) is 0 Å². The molecule has 0 N–H and O–H groups in total. The highest BCUT2D eigenvalue weighted by Crippen LogP contribution is 2.33. The second-order valence-electron chi connectivity index (χ2n) is 5.85. The van der Waals surface area contributed by atoms with Gasteiger partial charge in [-0.15, -0.1) is 11.6 Å². The third-order valence-corrected chi connectivity index (χ3v) is 4.53. The first-order valence-corrected chi connectivity index (χ1v) is 8.21. The highest BCUT2D eigenvalue weighted by molar-refractivity contribution is 6.27. The van der Waals surface area contributed by atoms with Gasteiger partial charge in [0, 0.05) is 6.42 Å². The van der Waals surface area contributed by atoms with E-state index in [-0.39, 0.29) is 17.8 Å². The number of amides is 1. The normalized spacial score (nSPS) is 17.3. The average molecular weight is 327 g/mol. The molecule has 118 valence electrons. The van der Waals surface area contributed by atoms with E-state index >= 15 is 0 Å². The molecule has 0 bridgehead atoms. The number of hydrazone groups is 1. The maximum absolute atomic E-state index is 12.2. The predicted octanol–water partition coefficient (Wildman–Crippen LogP) is 4.22. The Morgan fingerprint density at radius 3 is 2.57 bits per heavy atom. The summed E-state index contributed by atoms with van der Waals surface area (Å²) in [6, 6.07) is 16.2. The summed E-state index contributed by atoms with van der Waals surface area (Å²) in [6.07, 6.45) is 0.704. The molecule has 1 amide bonds. The lowest BCUT2D eigenvalue weighted by Crippen LogP contribution is -2.27. The topological polar surface area (TPSA) is 32.7 Å². The number of benzene rings is 2. The molecule has 0 aromatic heterocycles. The second-order valence-corrected chi connectivity index (χ2v) is 6.12. The summed E-state index contributed by atoms with van der Waals surface area (Å²) in [7, 11) is 0. The van der Waals surface area contributed by atoms with Gasteiger partial charge in [-0.1, -0.05) is 42.5 Å². The SMILES string of the molecule is Cc1ccc(C2=NN(C(=O)CCl)[C@H](c3ccccc3)C2)cc1C. The molecule has 23 heavy (non-hydrogen) atoms. The van der Waals surface area contributed by atoms with E-state index in [0.29, 0.717) is 6.42 Å². The summed E-state index contributed by atoms with van der Waals surface area (Å²) in [5.41, 5.74) is 5.55. The lowest BCUT2D eigenvalue weighted by molar-refractivity contribution is -0.130. The molecule has 2 aromatic carbocycles. The Labute approximate surface area is 141 Å². The predicted molar refractivity (Wildman–Crippen MR) is 93.8 cm³/mol. The van der Waals surface area contributed by atoms with Crippen LogP contribution >= 0.6 is 11.6 Å². The van der Waals surface area contributed by atoms with Gasteiger partial charge in [0.05, 0.1) is 11.8 Å². The Kier molecular flexibility index (Phi) is 4.49. The fourth-order valence-electron chi connectivity index (χ4n) is 2.83. The number of aryl methyl sites for hydroxylation is 2. The summed E-state index contributed by atoms with van der Waals surface area (Å²) >= 11 is 5.76. The van der Waals surface area contributed by atoms with E-state index < -0.39 is 0 Å². The highest BCUT2D eigenvalue weighted by Gasteiger charge is 2.32. The number of hydrogen-bond acceptors (Lipinski definition) is 2. The Hall–Kier alpha value is -2.13. The molecule has 1 atom stereocenters. The summed E-state index contributed by atoms with van der Waals surface area (Å²) in [4.78, 5) is 12.2. The quantitative estimate of drug-likeness (QED) is 0.777. The van der Waals surface area contributed by atoms with Gasteiger partial charge < -0.3 is 0 Å². The van der Waals surface area contributed by atoms with Crippen molar-refractivity contribution < 1.29 is 4.79 Å². The fourth-order valence-corrected chi connectivity index (χ4v) is 2.95. The molecule has 0 unspecified atom stereocenters. The van der Waals surface area contributed by atoms with Crippen molar-refractivity contribution in [2.45, 2.75) is 26.3 Å². The van der Waals surface area contributed by atoms with Crippen molar-refractivity contribution in [3.8, 4) is 0 Å². The molecule has 0 aliphatic carbocycles. The summed E-state index contributed by atoms with van der Waals surface area (Å²) in [6.45, 7) is 4.18. The number of nitrogens with zero attached hydrogens (tertiary/aromatic N) is 2. The third-order valence-electron chi connectivity index (χ3n) is 4.30. The molecule has 0 saturated heterocycles. The van der Waals surface area contributed by atoms with Crippen molar-refractivity contribution in [2.24, 2.45) is 5.10 Å². The Bertz CT molecular complexity index is 755. The average Bonchev–Trinajstić information content (AvgIpc) is 3.03. The Morgan fingerprint density at radius 2 is 1.91 bits per heavy atom. The van der Waals surface area contributed by atoms with Crippen LogP contribution in [0.15, 0.2) is 53.6 Å². The van der Waals surface area contributed by atoms with Crippen LogP contribution in [0.1, 0.15) is 34.7 Å². The minimum Gasteiger partial charge on any atom is -0.272 e. The van der Waals surface area contributed by atoms with E-state index in [1.54, 1.807) is 0 Å². The van der Waals surface area contributed by atoms with Gasteiger partial charge >= 0.3 is 0 Å². The molecule has 0 saturated carbocycles. The van der Waals surface area contributed by atoms with Crippen LogP contribution in [0.3, 0.4) is 0 Å². The zero-order chi connectivity index (χ0) is 16.4. The third kappa shape index (κ3) is 3.15. The molecule has 3 nitrogen and oxygen atoms in total. The van der Waals surface area contributed by atoms with Crippen LogP contribution in [0.4, 0.5) is 0 Å². The first-order chi connectivity index (χ1) is 11.1. The van der Waals surface area contributed by atoms with Gasteiger partial charge in [0.1, 0.15) is 5.88 Å². The molecule has 1 heterocycles. The Morgan fingerprint density at radius 1 is 1.17 bits per heavy atom. The molecule has 0 spiro atoms. The summed E-state index contributed by atoms with van der Waals surface area (Å²) in [5, 5.41) is 6.11. The molecular formula is C19H19ClN2O. The second kappa shape index (κ2) is 6.55. The van der Waals surface area contributed by atoms with E-state index in [9.17, 15) is 4.79 Å². The van der Waals surface area contributed by atoms with Gasteiger partial charge in [0.2, 0.25) is 0 Å². The number of hydrogen-bond donors (Lipinski definition) is 0. The minimum atomic E-state index is -0.167. The van der Waals surface area contributed by atoms with E-state index in [1.165, 1.54) is 16.1 Å². The zero-order valence-corrected chi connectivity index (χ0v) is 14.0. The van der Waals surface area contributed by atoms with Gasteiger partial charge in [-0.25, -0.2) is 5.01 Å². The van der Waals surface area contributed by atoms with Crippen molar-refractivity contribution in [1.29, 1.82) is 0 Å². The van der Waals surface area contributed by atoms with Crippen LogP contribution < -0.4 is 0 Å². The molecule has 0 radical (unpaired) electrons.